The highest BCUT2D eigenvalue weighted by Gasteiger charge is 2.09. The number of hydrogen-bond acceptors (Lipinski definition) is 2. The molecule has 0 aliphatic carbocycles. The van der Waals surface area contributed by atoms with Gasteiger partial charge in [0, 0.05) is 17.5 Å². The number of halogens is 1. The van der Waals surface area contributed by atoms with E-state index in [1.807, 2.05) is 37.3 Å². The maximum atomic E-state index is 11.6. The van der Waals surface area contributed by atoms with Crippen LogP contribution in [0.4, 0.5) is 0 Å². The van der Waals surface area contributed by atoms with Gasteiger partial charge in [-0.15, -0.1) is 0 Å². The summed E-state index contributed by atoms with van der Waals surface area (Å²) >= 11 is 3.40. The highest BCUT2D eigenvalue weighted by atomic mass is 79.9. The molecule has 0 fully saturated rings. The van der Waals surface area contributed by atoms with E-state index in [9.17, 15) is 4.79 Å². The average molecular weight is 279 g/mol. The van der Waals surface area contributed by atoms with Crippen LogP contribution in [0.5, 0.6) is 0 Å². The number of carbonyl (C=O) groups excluding carboxylic acids is 1. The summed E-state index contributed by atoms with van der Waals surface area (Å²) in [6.45, 7) is 1.86. The van der Waals surface area contributed by atoms with Gasteiger partial charge in [0.15, 0.2) is 5.78 Å². The molecule has 0 saturated carbocycles. The molecule has 1 aromatic carbocycles. The molecule has 0 radical (unpaired) electrons. The minimum absolute atomic E-state index is 0.143. The van der Waals surface area contributed by atoms with Crippen molar-refractivity contribution < 1.29 is 9.21 Å². The highest BCUT2D eigenvalue weighted by molar-refractivity contribution is 9.10. The SMILES string of the molecule is CCC(=O)c1cccc(-c2occc2Br)c1. The number of benzene rings is 1. The van der Waals surface area contributed by atoms with Gasteiger partial charge in [-0.1, -0.05) is 25.1 Å². The van der Waals surface area contributed by atoms with Crippen molar-refractivity contribution in [3.63, 3.8) is 0 Å². The Balaban J connectivity index is 2.44. The third-order valence-electron chi connectivity index (χ3n) is 2.39. The summed E-state index contributed by atoms with van der Waals surface area (Å²) in [6, 6.07) is 9.31. The molecule has 2 aromatic rings. The molecule has 2 rings (SSSR count). The molecule has 0 N–H and O–H groups in total. The fourth-order valence-corrected chi connectivity index (χ4v) is 1.97. The quantitative estimate of drug-likeness (QED) is 0.784. The Labute approximate surface area is 102 Å². The van der Waals surface area contributed by atoms with Crippen LogP contribution in [-0.2, 0) is 0 Å². The van der Waals surface area contributed by atoms with Crippen LogP contribution in [0.3, 0.4) is 0 Å². The predicted octanol–water partition coefficient (Wildman–Crippen LogP) is 4.30. The first-order valence-electron chi connectivity index (χ1n) is 5.09. The zero-order chi connectivity index (χ0) is 11.5. The Morgan fingerprint density at radius 1 is 1.38 bits per heavy atom. The van der Waals surface area contributed by atoms with Crippen LogP contribution in [0.2, 0.25) is 0 Å². The fourth-order valence-electron chi connectivity index (χ4n) is 1.54. The molecule has 0 aliphatic rings. The number of furan rings is 1. The first kappa shape index (κ1) is 11.1. The minimum atomic E-state index is 0.143. The molecule has 1 aromatic heterocycles. The van der Waals surface area contributed by atoms with E-state index in [-0.39, 0.29) is 5.78 Å². The fraction of sp³-hybridized carbons (Fsp3) is 0.154. The van der Waals surface area contributed by atoms with Gasteiger partial charge in [-0.05, 0) is 28.1 Å². The molecule has 0 saturated heterocycles. The van der Waals surface area contributed by atoms with E-state index in [2.05, 4.69) is 15.9 Å². The number of hydrogen-bond donors (Lipinski definition) is 0. The predicted molar refractivity (Wildman–Crippen MR) is 66.5 cm³/mol. The monoisotopic (exact) mass is 278 g/mol. The smallest absolute Gasteiger partial charge is 0.162 e. The molecule has 0 aliphatic heterocycles. The van der Waals surface area contributed by atoms with E-state index >= 15 is 0 Å². The molecule has 3 heteroatoms. The van der Waals surface area contributed by atoms with Crippen LogP contribution in [-0.4, -0.2) is 5.78 Å². The van der Waals surface area contributed by atoms with Crippen molar-refractivity contribution in [2.75, 3.05) is 0 Å². The maximum absolute atomic E-state index is 11.6. The zero-order valence-electron chi connectivity index (χ0n) is 8.87. The van der Waals surface area contributed by atoms with Crippen molar-refractivity contribution in [2.24, 2.45) is 0 Å². The number of Topliss-reactive ketones (excluding diaryl/α,β-unsaturated/α-hetero) is 1. The lowest BCUT2D eigenvalue weighted by Crippen LogP contribution is -1.95. The largest absolute Gasteiger partial charge is 0.463 e. The van der Waals surface area contributed by atoms with Crippen LogP contribution in [0.25, 0.3) is 11.3 Å². The first-order chi connectivity index (χ1) is 7.72. The lowest BCUT2D eigenvalue weighted by molar-refractivity contribution is 0.0988. The van der Waals surface area contributed by atoms with Crippen molar-refractivity contribution in [1.82, 2.24) is 0 Å². The molecular weight excluding hydrogens is 268 g/mol. The Morgan fingerprint density at radius 2 is 2.19 bits per heavy atom. The van der Waals surface area contributed by atoms with Crippen molar-refractivity contribution in [1.29, 1.82) is 0 Å². The Kier molecular flexibility index (Phi) is 3.25. The van der Waals surface area contributed by atoms with Gasteiger partial charge in [0.25, 0.3) is 0 Å². The average Bonchev–Trinajstić information content (AvgIpc) is 2.74. The van der Waals surface area contributed by atoms with E-state index in [0.717, 1.165) is 21.4 Å². The van der Waals surface area contributed by atoms with Crippen LogP contribution in [0.1, 0.15) is 23.7 Å². The molecule has 82 valence electrons. The summed E-state index contributed by atoms with van der Waals surface area (Å²) < 4.78 is 6.26. The van der Waals surface area contributed by atoms with Gasteiger partial charge < -0.3 is 4.42 Å². The molecule has 0 unspecified atom stereocenters. The van der Waals surface area contributed by atoms with Crippen molar-refractivity contribution in [3.05, 3.63) is 46.6 Å². The van der Waals surface area contributed by atoms with E-state index in [1.54, 1.807) is 6.26 Å². The lowest BCUT2D eigenvalue weighted by Gasteiger charge is -2.01. The third-order valence-corrected chi connectivity index (χ3v) is 3.01. The minimum Gasteiger partial charge on any atom is -0.463 e. The highest BCUT2D eigenvalue weighted by Crippen LogP contribution is 2.29. The molecule has 2 nitrogen and oxygen atoms in total. The second-order valence-electron chi connectivity index (χ2n) is 3.46. The van der Waals surface area contributed by atoms with Crippen LogP contribution < -0.4 is 0 Å². The molecule has 0 bridgehead atoms. The zero-order valence-corrected chi connectivity index (χ0v) is 10.5. The van der Waals surface area contributed by atoms with Gasteiger partial charge in [-0.3, -0.25) is 4.79 Å². The Morgan fingerprint density at radius 3 is 2.81 bits per heavy atom. The van der Waals surface area contributed by atoms with Crippen molar-refractivity contribution >= 4 is 21.7 Å². The Bertz CT molecular complexity index is 514. The standard InChI is InChI=1S/C13H11BrO2/c1-2-12(15)9-4-3-5-10(8-9)13-11(14)6-7-16-13/h3-8H,2H2,1H3. The second-order valence-corrected chi connectivity index (χ2v) is 4.31. The van der Waals surface area contributed by atoms with E-state index < -0.39 is 0 Å². The van der Waals surface area contributed by atoms with Gasteiger partial charge in [0.1, 0.15) is 5.76 Å². The summed E-state index contributed by atoms with van der Waals surface area (Å²) in [6.07, 6.45) is 2.14. The summed E-state index contributed by atoms with van der Waals surface area (Å²) in [4.78, 5) is 11.6. The molecule has 0 spiro atoms. The number of carbonyl (C=O) groups is 1. The van der Waals surface area contributed by atoms with Crippen LogP contribution in [0, 0.1) is 0 Å². The maximum Gasteiger partial charge on any atom is 0.162 e. The molecule has 16 heavy (non-hydrogen) atoms. The third kappa shape index (κ3) is 2.09. The van der Waals surface area contributed by atoms with Crippen LogP contribution >= 0.6 is 15.9 Å². The van der Waals surface area contributed by atoms with Crippen LogP contribution in [0.15, 0.2) is 45.5 Å². The molecular formula is C13H11BrO2. The molecule has 1 heterocycles. The molecule has 0 atom stereocenters. The van der Waals surface area contributed by atoms with E-state index in [0.29, 0.717) is 6.42 Å². The van der Waals surface area contributed by atoms with Gasteiger partial charge in [-0.2, -0.15) is 0 Å². The number of rotatable bonds is 3. The normalized spacial score (nSPS) is 10.4. The van der Waals surface area contributed by atoms with Gasteiger partial charge in [0.05, 0.1) is 10.7 Å². The summed E-state index contributed by atoms with van der Waals surface area (Å²) in [7, 11) is 0. The van der Waals surface area contributed by atoms with Gasteiger partial charge in [-0.25, -0.2) is 0 Å². The summed E-state index contributed by atoms with van der Waals surface area (Å²) in [5.41, 5.74) is 1.64. The topological polar surface area (TPSA) is 30.2 Å². The van der Waals surface area contributed by atoms with Crippen molar-refractivity contribution in [2.45, 2.75) is 13.3 Å². The second kappa shape index (κ2) is 4.66. The number of ketones is 1. The van der Waals surface area contributed by atoms with E-state index in [1.165, 1.54) is 0 Å². The first-order valence-corrected chi connectivity index (χ1v) is 5.88. The molecule has 0 amide bonds. The Hall–Kier alpha value is -1.35. The van der Waals surface area contributed by atoms with Crippen molar-refractivity contribution in [3.8, 4) is 11.3 Å². The van der Waals surface area contributed by atoms with Gasteiger partial charge >= 0.3 is 0 Å². The summed E-state index contributed by atoms with van der Waals surface area (Å²) in [5, 5.41) is 0. The van der Waals surface area contributed by atoms with E-state index in [4.69, 9.17) is 4.42 Å². The summed E-state index contributed by atoms with van der Waals surface area (Å²) in [5.74, 6) is 0.898. The lowest BCUT2D eigenvalue weighted by atomic mass is 10.0. The van der Waals surface area contributed by atoms with Gasteiger partial charge in [0.2, 0.25) is 0 Å².